The average Bonchev–Trinajstić information content (AvgIpc) is 2.71. The van der Waals surface area contributed by atoms with Crippen LogP contribution in [0.1, 0.15) is 33.5 Å². The van der Waals surface area contributed by atoms with Crippen molar-refractivity contribution in [3.8, 4) is 0 Å². The van der Waals surface area contributed by atoms with E-state index in [9.17, 15) is 9.59 Å². The molecule has 0 aromatic heterocycles. The molecule has 0 saturated carbocycles. The minimum atomic E-state index is -0.416. The second kappa shape index (κ2) is 7.83. The van der Waals surface area contributed by atoms with E-state index in [0.717, 1.165) is 35.1 Å². The number of aryl methyl sites for hydroxylation is 1. The predicted octanol–water partition coefficient (Wildman–Crippen LogP) is 4.06. The molecule has 0 spiro atoms. The fourth-order valence-corrected chi connectivity index (χ4v) is 3.28. The largest absolute Gasteiger partial charge is 0.466 e. The molecule has 1 aliphatic carbocycles. The number of allylic oxidation sites excluding steroid dienone is 3. The van der Waals surface area contributed by atoms with Gasteiger partial charge in [0.25, 0.3) is 0 Å². The standard InChI is InChI=1S/C22H20O4/c1-25-21(23)14-13-18-16-8-4-3-7-15(16)11-12-19(18)17-9-5-6-10-20(17)22(24)26-2/h3-10,13-14H,11-12H2,1-2H3/b14-13+. The Labute approximate surface area is 152 Å². The third-order valence-corrected chi connectivity index (χ3v) is 4.52. The van der Waals surface area contributed by atoms with Gasteiger partial charge in [0, 0.05) is 6.08 Å². The van der Waals surface area contributed by atoms with Gasteiger partial charge in [-0.2, -0.15) is 0 Å². The molecule has 4 nitrogen and oxygen atoms in total. The van der Waals surface area contributed by atoms with Gasteiger partial charge in [-0.3, -0.25) is 0 Å². The first-order valence-corrected chi connectivity index (χ1v) is 8.41. The van der Waals surface area contributed by atoms with Gasteiger partial charge in [-0.1, -0.05) is 42.5 Å². The number of benzene rings is 2. The van der Waals surface area contributed by atoms with Gasteiger partial charge in [0.2, 0.25) is 0 Å². The first kappa shape index (κ1) is 17.7. The number of carbonyl (C=O) groups excluding carboxylic acids is 2. The van der Waals surface area contributed by atoms with Crippen LogP contribution in [0.5, 0.6) is 0 Å². The molecule has 132 valence electrons. The molecule has 1 aliphatic rings. The Morgan fingerprint density at radius 3 is 2.31 bits per heavy atom. The molecule has 4 heteroatoms. The maximum Gasteiger partial charge on any atom is 0.338 e. The van der Waals surface area contributed by atoms with Gasteiger partial charge in [-0.25, -0.2) is 9.59 Å². The number of hydrogen-bond acceptors (Lipinski definition) is 4. The van der Waals surface area contributed by atoms with Crippen molar-refractivity contribution >= 4 is 23.1 Å². The summed E-state index contributed by atoms with van der Waals surface area (Å²) in [5, 5.41) is 0. The Hall–Kier alpha value is -3.14. The SMILES string of the molecule is COC(=O)/C=C/C1=C(c2ccccc2C(=O)OC)CCc2ccccc21. The summed E-state index contributed by atoms with van der Waals surface area (Å²) in [5.41, 5.74) is 5.58. The summed E-state index contributed by atoms with van der Waals surface area (Å²) >= 11 is 0. The molecule has 3 rings (SSSR count). The highest BCUT2D eigenvalue weighted by molar-refractivity contribution is 6.04. The minimum absolute atomic E-state index is 0.372. The lowest BCUT2D eigenvalue weighted by Crippen LogP contribution is -2.09. The van der Waals surface area contributed by atoms with Gasteiger partial charge in [0.1, 0.15) is 0 Å². The molecule has 26 heavy (non-hydrogen) atoms. The number of ether oxygens (including phenoxy) is 2. The number of hydrogen-bond donors (Lipinski definition) is 0. The van der Waals surface area contributed by atoms with Crippen LogP contribution in [-0.2, 0) is 20.7 Å². The third-order valence-electron chi connectivity index (χ3n) is 4.52. The molecule has 0 heterocycles. The summed E-state index contributed by atoms with van der Waals surface area (Å²) in [7, 11) is 2.73. The van der Waals surface area contributed by atoms with Crippen LogP contribution in [0, 0.1) is 0 Å². The molecule has 0 fully saturated rings. The van der Waals surface area contributed by atoms with E-state index >= 15 is 0 Å². The average molecular weight is 348 g/mol. The Kier molecular flexibility index (Phi) is 5.32. The minimum Gasteiger partial charge on any atom is -0.466 e. The molecule has 0 bridgehead atoms. The zero-order valence-electron chi connectivity index (χ0n) is 14.8. The van der Waals surface area contributed by atoms with Crippen molar-refractivity contribution in [3.63, 3.8) is 0 Å². The van der Waals surface area contributed by atoms with Crippen LogP contribution in [0.3, 0.4) is 0 Å². The summed E-state index contributed by atoms with van der Waals surface area (Å²) in [6, 6.07) is 15.5. The van der Waals surface area contributed by atoms with Crippen LogP contribution in [0.15, 0.2) is 60.7 Å². The molecule has 0 saturated heterocycles. The molecule has 0 radical (unpaired) electrons. The zero-order chi connectivity index (χ0) is 18.5. The van der Waals surface area contributed by atoms with E-state index < -0.39 is 5.97 Å². The molecule has 0 N–H and O–H groups in total. The lowest BCUT2D eigenvalue weighted by Gasteiger charge is -2.23. The highest BCUT2D eigenvalue weighted by Gasteiger charge is 2.22. The molecule has 0 atom stereocenters. The van der Waals surface area contributed by atoms with Crippen molar-refractivity contribution in [2.24, 2.45) is 0 Å². The molecule has 0 aliphatic heterocycles. The fourth-order valence-electron chi connectivity index (χ4n) is 3.28. The summed E-state index contributed by atoms with van der Waals surface area (Å²) in [5.74, 6) is -0.788. The second-order valence-electron chi connectivity index (χ2n) is 5.94. The van der Waals surface area contributed by atoms with E-state index in [4.69, 9.17) is 9.47 Å². The topological polar surface area (TPSA) is 52.6 Å². The third kappa shape index (κ3) is 3.45. The van der Waals surface area contributed by atoms with E-state index in [1.165, 1.54) is 25.9 Å². The maximum atomic E-state index is 12.2. The van der Waals surface area contributed by atoms with Gasteiger partial charge in [0.15, 0.2) is 0 Å². The number of esters is 2. The monoisotopic (exact) mass is 348 g/mol. The molecule has 2 aromatic carbocycles. The molecular weight excluding hydrogens is 328 g/mol. The summed E-state index contributed by atoms with van der Waals surface area (Å²) in [4.78, 5) is 23.8. The smallest absolute Gasteiger partial charge is 0.338 e. The lowest BCUT2D eigenvalue weighted by atomic mass is 9.81. The highest BCUT2D eigenvalue weighted by atomic mass is 16.5. The van der Waals surface area contributed by atoms with Crippen molar-refractivity contribution in [2.45, 2.75) is 12.8 Å². The van der Waals surface area contributed by atoms with Crippen molar-refractivity contribution < 1.29 is 19.1 Å². The van der Waals surface area contributed by atoms with Gasteiger partial charge in [0.05, 0.1) is 19.8 Å². The molecule has 0 amide bonds. The first-order chi connectivity index (χ1) is 12.7. The number of carbonyl (C=O) groups is 2. The Morgan fingerprint density at radius 1 is 0.885 bits per heavy atom. The highest BCUT2D eigenvalue weighted by Crippen LogP contribution is 2.38. The first-order valence-electron chi connectivity index (χ1n) is 8.41. The van der Waals surface area contributed by atoms with Crippen molar-refractivity contribution in [3.05, 3.63) is 82.9 Å². The van der Waals surface area contributed by atoms with Gasteiger partial charge in [-0.15, -0.1) is 0 Å². The molecule has 0 unspecified atom stereocenters. The van der Waals surface area contributed by atoms with Crippen molar-refractivity contribution in [1.82, 2.24) is 0 Å². The number of methoxy groups -OCH3 is 2. The van der Waals surface area contributed by atoms with Crippen molar-refractivity contribution in [1.29, 1.82) is 0 Å². The Morgan fingerprint density at radius 2 is 1.58 bits per heavy atom. The number of rotatable bonds is 4. The van der Waals surface area contributed by atoms with Crippen LogP contribution in [0.4, 0.5) is 0 Å². The maximum absolute atomic E-state index is 12.2. The normalized spacial score (nSPS) is 13.5. The van der Waals surface area contributed by atoms with Crippen LogP contribution in [0.25, 0.3) is 11.1 Å². The van der Waals surface area contributed by atoms with Crippen LogP contribution >= 0.6 is 0 Å². The lowest BCUT2D eigenvalue weighted by molar-refractivity contribution is -0.134. The van der Waals surface area contributed by atoms with Gasteiger partial charge >= 0.3 is 11.9 Å². The van der Waals surface area contributed by atoms with E-state index in [2.05, 4.69) is 6.07 Å². The Bertz CT molecular complexity index is 906. The summed E-state index contributed by atoms with van der Waals surface area (Å²) in [6.07, 6.45) is 4.83. The Balaban J connectivity index is 2.22. The molecule has 2 aromatic rings. The zero-order valence-corrected chi connectivity index (χ0v) is 14.8. The van der Waals surface area contributed by atoms with Crippen LogP contribution in [0.2, 0.25) is 0 Å². The van der Waals surface area contributed by atoms with E-state index in [-0.39, 0.29) is 5.97 Å². The quantitative estimate of drug-likeness (QED) is 0.618. The van der Waals surface area contributed by atoms with Gasteiger partial charge < -0.3 is 9.47 Å². The summed E-state index contributed by atoms with van der Waals surface area (Å²) in [6.45, 7) is 0. The van der Waals surface area contributed by atoms with Crippen LogP contribution in [-0.4, -0.2) is 26.2 Å². The van der Waals surface area contributed by atoms with E-state index in [1.54, 1.807) is 12.1 Å². The van der Waals surface area contributed by atoms with Crippen molar-refractivity contribution in [2.75, 3.05) is 14.2 Å². The predicted molar refractivity (Wildman–Crippen MR) is 101 cm³/mol. The molecular formula is C22H20O4. The van der Waals surface area contributed by atoms with Crippen LogP contribution < -0.4 is 0 Å². The fraction of sp³-hybridized carbons (Fsp3) is 0.182. The number of fused-ring (bicyclic) bond motifs is 1. The van der Waals surface area contributed by atoms with E-state index in [0.29, 0.717) is 5.56 Å². The van der Waals surface area contributed by atoms with E-state index in [1.807, 2.05) is 36.4 Å². The van der Waals surface area contributed by atoms with Gasteiger partial charge in [-0.05, 0) is 52.8 Å². The summed E-state index contributed by atoms with van der Waals surface area (Å²) < 4.78 is 9.66. The second-order valence-corrected chi connectivity index (χ2v) is 5.94.